The summed E-state index contributed by atoms with van der Waals surface area (Å²) in [5.41, 5.74) is -1.66. The van der Waals surface area contributed by atoms with Gasteiger partial charge in [0.2, 0.25) is 0 Å². The lowest BCUT2D eigenvalue weighted by atomic mass is 9.78. The average molecular weight is 468 g/mol. The van der Waals surface area contributed by atoms with Crippen LogP contribution in [0.5, 0.6) is 17.2 Å². The first-order valence-electron chi connectivity index (χ1n) is 11.2. The fourth-order valence-electron chi connectivity index (χ4n) is 4.95. The summed E-state index contributed by atoms with van der Waals surface area (Å²) in [6.07, 6.45) is 2.79. The number of ether oxygens (including phenoxy) is 2. The molecule has 0 heterocycles. The van der Waals surface area contributed by atoms with Crippen LogP contribution in [0, 0.1) is 28.1 Å². The predicted octanol–water partition coefficient (Wildman–Crippen LogP) is 5.97. The zero-order valence-corrected chi connectivity index (χ0v) is 19.4. The normalized spacial score (nSPS) is 21.0. The summed E-state index contributed by atoms with van der Waals surface area (Å²) in [5, 5.41) is 20.5. The molecule has 0 bridgehead atoms. The summed E-state index contributed by atoms with van der Waals surface area (Å²) < 4.78 is 11.2. The van der Waals surface area contributed by atoms with Gasteiger partial charge in [0.25, 0.3) is 0 Å². The Labute approximate surface area is 204 Å². The molecule has 3 aromatic carbocycles. The summed E-state index contributed by atoms with van der Waals surface area (Å²) in [5.74, 6) is -1.68. The van der Waals surface area contributed by atoms with E-state index in [1.54, 1.807) is 68.5 Å². The van der Waals surface area contributed by atoms with Gasteiger partial charge in [0, 0.05) is 12.0 Å². The van der Waals surface area contributed by atoms with Crippen LogP contribution in [0.2, 0.25) is 0 Å². The first-order chi connectivity index (χ1) is 16.8. The van der Waals surface area contributed by atoms with E-state index in [0.29, 0.717) is 22.8 Å². The zero-order valence-electron chi connectivity index (χ0n) is 19.4. The van der Waals surface area contributed by atoms with Crippen LogP contribution in [0.15, 0.2) is 97.1 Å². The molecule has 0 aromatic heterocycles. The number of carbonyl (C=O) groups is 2. The highest BCUT2D eigenvalue weighted by Crippen LogP contribution is 2.75. The van der Waals surface area contributed by atoms with Crippen molar-refractivity contribution in [1.82, 2.24) is 0 Å². The Bertz CT molecular complexity index is 1290. The Kier molecular flexibility index (Phi) is 6.44. The van der Waals surface area contributed by atoms with E-state index >= 15 is 0 Å². The summed E-state index contributed by atoms with van der Waals surface area (Å²) in [6.45, 7) is 3.60. The van der Waals surface area contributed by atoms with Gasteiger partial charge in [-0.3, -0.25) is 4.79 Å². The van der Waals surface area contributed by atoms with Gasteiger partial charge in [-0.15, -0.1) is 0 Å². The molecule has 3 aromatic rings. The van der Waals surface area contributed by atoms with Gasteiger partial charge in [-0.2, -0.15) is 5.26 Å². The number of nitrogens with zero attached hydrogens (tertiary/aromatic N) is 1. The second kappa shape index (κ2) is 9.47. The Morgan fingerprint density at radius 2 is 1.54 bits per heavy atom. The molecule has 0 radical (unpaired) electrons. The number of benzene rings is 3. The lowest BCUT2D eigenvalue weighted by Gasteiger charge is -2.22. The summed E-state index contributed by atoms with van der Waals surface area (Å²) in [4.78, 5) is 25.0. The van der Waals surface area contributed by atoms with Crippen LogP contribution < -0.4 is 9.47 Å². The van der Waals surface area contributed by atoms with Gasteiger partial charge in [0.1, 0.15) is 22.7 Å². The average Bonchev–Trinajstić information content (AvgIpc) is 3.35. The van der Waals surface area contributed by atoms with Crippen LogP contribution in [-0.4, -0.2) is 17.0 Å². The van der Waals surface area contributed by atoms with E-state index in [0.717, 1.165) is 0 Å². The fraction of sp³-hybridized carbons (Fsp3) is 0.207. The van der Waals surface area contributed by atoms with Gasteiger partial charge in [-0.1, -0.05) is 68.5 Å². The third-order valence-electron chi connectivity index (χ3n) is 6.75. The quantitative estimate of drug-likeness (QED) is 0.249. The Hall–Kier alpha value is -4.37. The minimum Gasteiger partial charge on any atom is -0.481 e. The van der Waals surface area contributed by atoms with Crippen molar-refractivity contribution in [2.45, 2.75) is 19.8 Å². The maximum atomic E-state index is 12.7. The molecule has 1 fully saturated rings. The molecular formula is C29H25NO5. The van der Waals surface area contributed by atoms with Crippen LogP contribution >= 0.6 is 0 Å². The number of carbonyl (C=O) groups excluding carboxylic acids is 1. The summed E-state index contributed by atoms with van der Waals surface area (Å²) in [7, 11) is 0. The third kappa shape index (κ3) is 4.41. The van der Waals surface area contributed by atoms with E-state index in [9.17, 15) is 20.0 Å². The molecule has 1 saturated carbocycles. The van der Waals surface area contributed by atoms with Gasteiger partial charge in [0.15, 0.2) is 0 Å². The maximum Gasteiger partial charge on any atom is 0.335 e. The highest BCUT2D eigenvalue weighted by atomic mass is 16.5. The Morgan fingerprint density at radius 1 is 0.943 bits per heavy atom. The van der Waals surface area contributed by atoms with Gasteiger partial charge in [-0.05, 0) is 47.4 Å². The van der Waals surface area contributed by atoms with E-state index in [1.165, 1.54) is 6.08 Å². The molecule has 35 heavy (non-hydrogen) atoms. The number of rotatable bonds is 8. The molecule has 0 aliphatic heterocycles. The van der Waals surface area contributed by atoms with Crippen LogP contribution in [-0.2, 0) is 9.59 Å². The van der Waals surface area contributed by atoms with Crippen molar-refractivity contribution >= 4 is 11.9 Å². The molecule has 0 unspecified atom stereocenters. The van der Waals surface area contributed by atoms with E-state index in [1.807, 2.05) is 36.4 Å². The topological polar surface area (TPSA) is 96.6 Å². The van der Waals surface area contributed by atoms with Crippen molar-refractivity contribution in [3.05, 3.63) is 103 Å². The van der Waals surface area contributed by atoms with Gasteiger partial charge < -0.3 is 14.6 Å². The minimum absolute atomic E-state index is 0.395. The highest BCUT2D eigenvalue weighted by Gasteiger charge is 2.78. The number of allylic oxidation sites excluding steroid dienone is 1. The number of carboxylic acid groups (broad SMARTS) is 1. The zero-order chi connectivity index (χ0) is 25.1. The summed E-state index contributed by atoms with van der Waals surface area (Å²) >= 11 is 0. The van der Waals surface area contributed by atoms with Crippen LogP contribution in [0.3, 0.4) is 0 Å². The SMILES string of the molecule is CC1(C)[C@H](/C=C\C(=O)Oc2ccccc2)[C@@]1(C(=O)O)[C@@H](C#N)c1cccc(Oc2ccccc2)c1. The Balaban J connectivity index is 1.61. The predicted molar refractivity (Wildman–Crippen MR) is 130 cm³/mol. The first kappa shape index (κ1) is 23.8. The van der Waals surface area contributed by atoms with Crippen LogP contribution in [0.25, 0.3) is 0 Å². The Morgan fingerprint density at radius 3 is 2.14 bits per heavy atom. The molecule has 176 valence electrons. The van der Waals surface area contributed by atoms with Crippen LogP contribution in [0.4, 0.5) is 0 Å². The largest absolute Gasteiger partial charge is 0.481 e. The molecule has 6 heteroatoms. The van der Waals surface area contributed by atoms with Crippen molar-refractivity contribution in [2.24, 2.45) is 16.7 Å². The van der Waals surface area contributed by atoms with E-state index in [-0.39, 0.29) is 0 Å². The number of nitriles is 1. The van der Waals surface area contributed by atoms with Gasteiger partial charge >= 0.3 is 11.9 Å². The molecule has 0 amide bonds. The van der Waals surface area contributed by atoms with E-state index < -0.39 is 34.6 Å². The number of carboxylic acids is 1. The first-order valence-corrected chi connectivity index (χ1v) is 11.2. The van der Waals surface area contributed by atoms with Crippen molar-refractivity contribution in [3.8, 4) is 23.3 Å². The molecule has 3 atom stereocenters. The smallest absolute Gasteiger partial charge is 0.335 e. The number of para-hydroxylation sites is 2. The molecule has 1 aliphatic rings. The van der Waals surface area contributed by atoms with Crippen molar-refractivity contribution in [3.63, 3.8) is 0 Å². The van der Waals surface area contributed by atoms with Gasteiger partial charge in [0.05, 0.1) is 12.0 Å². The fourth-order valence-corrected chi connectivity index (χ4v) is 4.95. The van der Waals surface area contributed by atoms with Crippen molar-refractivity contribution in [2.75, 3.05) is 0 Å². The molecule has 6 nitrogen and oxygen atoms in total. The minimum atomic E-state index is -1.42. The molecular weight excluding hydrogens is 442 g/mol. The lowest BCUT2D eigenvalue weighted by Crippen LogP contribution is -2.28. The number of aliphatic carboxylic acids is 1. The number of esters is 1. The molecule has 1 N–H and O–H groups in total. The molecule has 4 rings (SSSR count). The molecule has 1 aliphatic carbocycles. The monoisotopic (exact) mass is 467 g/mol. The number of hydrogen-bond donors (Lipinski definition) is 1. The standard InChI is InChI=1S/C29H25NO5/c1-28(2)25(16-17-26(31)35-22-13-7-4-8-14-22)29(28,27(32)33)24(19-30)20-10-9-15-23(18-20)34-21-11-5-3-6-12-21/h3-18,24-25H,1-2H3,(H,32,33)/b17-16-/t24-,25-,29+/m0/s1. The second-order valence-corrected chi connectivity index (χ2v) is 9.02. The van der Waals surface area contributed by atoms with E-state index in [4.69, 9.17) is 9.47 Å². The van der Waals surface area contributed by atoms with Crippen molar-refractivity contribution < 1.29 is 24.2 Å². The lowest BCUT2D eigenvalue weighted by molar-refractivity contribution is -0.145. The second-order valence-electron chi connectivity index (χ2n) is 9.02. The summed E-state index contributed by atoms with van der Waals surface area (Å²) in [6, 6.07) is 27.0. The third-order valence-corrected chi connectivity index (χ3v) is 6.75. The number of hydrogen-bond acceptors (Lipinski definition) is 5. The maximum absolute atomic E-state index is 12.7. The van der Waals surface area contributed by atoms with E-state index in [2.05, 4.69) is 6.07 Å². The van der Waals surface area contributed by atoms with Gasteiger partial charge in [-0.25, -0.2) is 4.79 Å². The molecule has 0 spiro atoms. The van der Waals surface area contributed by atoms with Crippen molar-refractivity contribution in [1.29, 1.82) is 5.26 Å². The molecule has 0 saturated heterocycles. The highest BCUT2D eigenvalue weighted by molar-refractivity contribution is 5.87. The van der Waals surface area contributed by atoms with Crippen LogP contribution in [0.1, 0.15) is 25.3 Å².